The molecule has 0 radical (unpaired) electrons. The van der Waals surface area contributed by atoms with Crippen LogP contribution in [-0.2, 0) is 6.54 Å². The molecule has 0 saturated heterocycles. The normalized spacial score (nSPS) is 9.81. The second-order valence-electron chi connectivity index (χ2n) is 4.52. The summed E-state index contributed by atoms with van der Waals surface area (Å²) in [5.74, 6) is 6.81. The Labute approximate surface area is 129 Å². The maximum absolute atomic E-state index is 11.6. The van der Waals surface area contributed by atoms with Crippen molar-refractivity contribution in [3.8, 4) is 17.6 Å². The van der Waals surface area contributed by atoms with Crippen molar-refractivity contribution in [2.45, 2.75) is 13.5 Å². The Morgan fingerprint density at radius 1 is 1.29 bits per heavy atom. The number of rotatable bonds is 4. The van der Waals surface area contributed by atoms with E-state index >= 15 is 0 Å². The second-order valence-corrected chi connectivity index (χ2v) is 4.78. The number of ether oxygens (including phenoxy) is 1. The van der Waals surface area contributed by atoms with Gasteiger partial charge in [-0.25, -0.2) is 0 Å². The molecule has 2 rings (SSSR count). The highest BCUT2D eigenvalue weighted by Crippen LogP contribution is 2.19. The zero-order chi connectivity index (χ0) is 15.1. The topological polar surface area (TPSA) is 31.2 Å². The van der Waals surface area contributed by atoms with E-state index in [4.69, 9.17) is 16.3 Å². The van der Waals surface area contributed by atoms with Gasteiger partial charge in [0.2, 0.25) is 0 Å². The molecule has 0 aliphatic carbocycles. The van der Waals surface area contributed by atoms with Crippen LogP contribution in [0.2, 0.25) is 0 Å². The lowest BCUT2D eigenvalue weighted by molar-refractivity contribution is 0.295. The fraction of sp³-hybridized carbons (Fsp3) is 0.235. The van der Waals surface area contributed by atoms with Crippen LogP contribution in [-0.4, -0.2) is 17.1 Å². The number of nitrogens with zero attached hydrogens (tertiary/aromatic N) is 1. The summed E-state index contributed by atoms with van der Waals surface area (Å²) < 4.78 is 7.35. The first kappa shape index (κ1) is 15.2. The number of alkyl halides is 1. The minimum absolute atomic E-state index is 0.0350. The molecule has 0 saturated carbocycles. The SMILES string of the molecule is Cc1ccc(OCCn2ccccc2=O)c(C#CCCl)c1. The van der Waals surface area contributed by atoms with E-state index in [1.807, 2.05) is 31.2 Å². The number of aromatic nitrogens is 1. The van der Waals surface area contributed by atoms with E-state index in [2.05, 4.69) is 11.8 Å². The monoisotopic (exact) mass is 301 g/mol. The van der Waals surface area contributed by atoms with Crippen molar-refractivity contribution >= 4 is 11.6 Å². The average Bonchev–Trinajstić information content (AvgIpc) is 2.49. The summed E-state index contributed by atoms with van der Waals surface area (Å²) in [6, 6.07) is 10.9. The zero-order valence-electron chi connectivity index (χ0n) is 11.8. The molecule has 1 aromatic carbocycles. The average molecular weight is 302 g/mol. The van der Waals surface area contributed by atoms with Gasteiger partial charge in [-0.2, -0.15) is 0 Å². The predicted octanol–water partition coefficient (Wildman–Crippen LogP) is 2.83. The van der Waals surface area contributed by atoms with Crippen molar-refractivity contribution in [3.05, 3.63) is 64.1 Å². The quantitative estimate of drug-likeness (QED) is 0.642. The van der Waals surface area contributed by atoms with Gasteiger partial charge in [-0.05, 0) is 30.7 Å². The molecule has 0 N–H and O–H groups in total. The number of hydrogen-bond donors (Lipinski definition) is 0. The highest BCUT2D eigenvalue weighted by atomic mass is 35.5. The van der Waals surface area contributed by atoms with Crippen molar-refractivity contribution in [2.24, 2.45) is 0 Å². The fourth-order valence-electron chi connectivity index (χ4n) is 1.90. The minimum atomic E-state index is -0.0350. The lowest BCUT2D eigenvalue weighted by atomic mass is 10.1. The summed E-state index contributed by atoms with van der Waals surface area (Å²) in [7, 11) is 0. The third kappa shape index (κ3) is 4.40. The van der Waals surface area contributed by atoms with Crippen molar-refractivity contribution < 1.29 is 4.74 Å². The lowest BCUT2D eigenvalue weighted by Crippen LogP contribution is -2.21. The summed E-state index contributed by atoms with van der Waals surface area (Å²) in [4.78, 5) is 11.6. The summed E-state index contributed by atoms with van der Waals surface area (Å²) >= 11 is 5.59. The molecule has 2 aromatic rings. The van der Waals surface area contributed by atoms with E-state index in [9.17, 15) is 4.79 Å². The van der Waals surface area contributed by atoms with Crippen molar-refractivity contribution in [2.75, 3.05) is 12.5 Å². The molecule has 1 heterocycles. The summed E-state index contributed by atoms with van der Waals surface area (Å²) in [6.07, 6.45) is 1.75. The first-order chi connectivity index (χ1) is 10.2. The number of aryl methyl sites for hydroxylation is 1. The third-order valence-corrected chi connectivity index (χ3v) is 3.05. The van der Waals surface area contributed by atoms with Gasteiger partial charge in [0.05, 0.1) is 18.0 Å². The van der Waals surface area contributed by atoms with E-state index in [1.54, 1.807) is 16.8 Å². The first-order valence-electron chi connectivity index (χ1n) is 6.64. The van der Waals surface area contributed by atoms with Crippen LogP contribution in [0.4, 0.5) is 0 Å². The molecule has 0 atom stereocenters. The maximum atomic E-state index is 11.6. The molecule has 3 nitrogen and oxygen atoms in total. The fourth-order valence-corrected chi connectivity index (χ4v) is 1.96. The summed E-state index contributed by atoms with van der Waals surface area (Å²) in [5, 5.41) is 0. The van der Waals surface area contributed by atoms with Crippen molar-refractivity contribution in [1.82, 2.24) is 4.57 Å². The van der Waals surface area contributed by atoms with Gasteiger partial charge in [0.1, 0.15) is 12.4 Å². The molecule has 4 heteroatoms. The first-order valence-corrected chi connectivity index (χ1v) is 7.18. The molecular formula is C17H16ClNO2. The van der Waals surface area contributed by atoms with Crippen LogP contribution in [0.15, 0.2) is 47.4 Å². The number of halogens is 1. The zero-order valence-corrected chi connectivity index (χ0v) is 12.6. The van der Waals surface area contributed by atoms with Crippen LogP contribution in [0.3, 0.4) is 0 Å². The molecular weight excluding hydrogens is 286 g/mol. The van der Waals surface area contributed by atoms with Gasteiger partial charge in [0.25, 0.3) is 5.56 Å². The molecule has 0 aliphatic rings. The van der Waals surface area contributed by atoms with Gasteiger partial charge in [-0.15, -0.1) is 11.6 Å². The van der Waals surface area contributed by atoms with E-state index in [0.29, 0.717) is 18.9 Å². The number of benzene rings is 1. The van der Waals surface area contributed by atoms with Crippen molar-refractivity contribution in [1.29, 1.82) is 0 Å². The Balaban J connectivity index is 2.06. The molecule has 108 valence electrons. The highest BCUT2D eigenvalue weighted by molar-refractivity contribution is 6.19. The molecule has 0 amide bonds. The van der Waals surface area contributed by atoms with E-state index in [1.165, 1.54) is 6.07 Å². The largest absolute Gasteiger partial charge is 0.490 e. The molecule has 21 heavy (non-hydrogen) atoms. The Morgan fingerprint density at radius 2 is 2.14 bits per heavy atom. The Morgan fingerprint density at radius 3 is 2.90 bits per heavy atom. The minimum Gasteiger partial charge on any atom is -0.490 e. The van der Waals surface area contributed by atoms with Gasteiger partial charge < -0.3 is 9.30 Å². The van der Waals surface area contributed by atoms with Crippen LogP contribution in [0, 0.1) is 18.8 Å². The van der Waals surface area contributed by atoms with Gasteiger partial charge in [0.15, 0.2) is 0 Å². The number of hydrogen-bond acceptors (Lipinski definition) is 2. The van der Waals surface area contributed by atoms with Crippen molar-refractivity contribution in [3.63, 3.8) is 0 Å². The number of pyridine rings is 1. The van der Waals surface area contributed by atoms with E-state index in [0.717, 1.165) is 11.1 Å². The molecule has 1 aromatic heterocycles. The van der Waals surface area contributed by atoms with Gasteiger partial charge >= 0.3 is 0 Å². The van der Waals surface area contributed by atoms with Crippen LogP contribution < -0.4 is 10.3 Å². The third-order valence-electron chi connectivity index (χ3n) is 2.91. The molecule has 0 spiro atoms. The van der Waals surface area contributed by atoms with Gasteiger partial charge in [-0.3, -0.25) is 4.79 Å². The van der Waals surface area contributed by atoms with Crippen LogP contribution in [0.1, 0.15) is 11.1 Å². The Hall–Kier alpha value is -2.18. The smallest absolute Gasteiger partial charge is 0.250 e. The van der Waals surface area contributed by atoms with Crippen LogP contribution in [0.5, 0.6) is 5.75 Å². The molecule has 0 bridgehead atoms. The summed E-state index contributed by atoms with van der Waals surface area (Å²) in [5.41, 5.74) is 1.89. The second kappa shape index (κ2) is 7.56. The predicted molar refractivity (Wildman–Crippen MR) is 85.0 cm³/mol. The summed E-state index contributed by atoms with van der Waals surface area (Å²) in [6.45, 7) is 2.90. The van der Waals surface area contributed by atoms with Crippen LogP contribution in [0.25, 0.3) is 0 Å². The van der Waals surface area contributed by atoms with Gasteiger partial charge in [0, 0.05) is 12.3 Å². The molecule has 0 fully saturated rings. The maximum Gasteiger partial charge on any atom is 0.250 e. The van der Waals surface area contributed by atoms with E-state index < -0.39 is 0 Å². The highest BCUT2D eigenvalue weighted by Gasteiger charge is 2.02. The van der Waals surface area contributed by atoms with Crippen LogP contribution >= 0.6 is 11.6 Å². The lowest BCUT2D eigenvalue weighted by Gasteiger charge is -2.10. The Bertz CT molecular complexity index is 725. The van der Waals surface area contributed by atoms with Gasteiger partial charge in [-0.1, -0.05) is 24.0 Å². The van der Waals surface area contributed by atoms with E-state index in [-0.39, 0.29) is 11.4 Å². The Kier molecular flexibility index (Phi) is 5.48. The molecule has 0 unspecified atom stereocenters. The standard InChI is InChI=1S/C17H16ClNO2/c1-14-7-8-16(15(13-14)5-4-9-18)21-12-11-19-10-3-2-6-17(19)20/h2-3,6-8,10,13H,9,11-12H2,1H3. The molecule has 0 aliphatic heterocycles.